The van der Waals surface area contributed by atoms with Crippen molar-refractivity contribution >= 4 is 52.2 Å². The van der Waals surface area contributed by atoms with Crippen LogP contribution >= 0.6 is 46.3 Å². The normalized spacial score (nSPS) is 30.9. The molecular weight excluding hydrogens is 483 g/mol. The van der Waals surface area contributed by atoms with E-state index in [1.807, 2.05) is 28.8 Å². The van der Waals surface area contributed by atoms with Crippen LogP contribution in [0.25, 0.3) is 0 Å². The Hall–Kier alpha value is -0.950. The number of thioether (sulfide) groups is 1. The summed E-state index contributed by atoms with van der Waals surface area (Å²) in [7, 11) is 0. The Morgan fingerprint density at radius 2 is 1.88 bits per heavy atom. The zero-order chi connectivity index (χ0) is 22.0. The van der Waals surface area contributed by atoms with E-state index in [9.17, 15) is 9.59 Å². The number of benzene rings is 1. The summed E-state index contributed by atoms with van der Waals surface area (Å²) in [4.78, 5) is 29.2. The minimum atomic E-state index is -0.0247. The van der Waals surface area contributed by atoms with Gasteiger partial charge in [0.2, 0.25) is 5.91 Å². The topological polar surface area (TPSA) is 42.3 Å². The molecule has 1 saturated heterocycles. The lowest BCUT2D eigenvalue weighted by Crippen LogP contribution is -2.39. The van der Waals surface area contributed by atoms with Gasteiger partial charge in [-0.3, -0.25) is 14.2 Å². The van der Waals surface area contributed by atoms with Crippen molar-refractivity contribution in [2.75, 3.05) is 13.1 Å². The number of amides is 1. The third kappa shape index (κ3) is 3.40. The van der Waals surface area contributed by atoms with E-state index in [-0.39, 0.29) is 23.2 Å². The second kappa shape index (κ2) is 8.37. The van der Waals surface area contributed by atoms with Gasteiger partial charge in [-0.1, -0.05) is 46.7 Å². The molecular formula is C24H26Cl2N2O2S2. The van der Waals surface area contributed by atoms with Gasteiger partial charge in [0.1, 0.15) is 6.54 Å². The number of hydrogen-bond donors (Lipinski definition) is 0. The number of aromatic nitrogens is 1. The summed E-state index contributed by atoms with van der Waals surface area (Å²) in [5.41, 5.74) is 1.04. The Morgan fingerprint density at radius 3 is 2.69 bits per heavy atom. The molecule has 3 fully saturated rings. The molecule has 170 valence electrons. The zero-order valence-electron chi connectivity index (χ0n) is 17.8. The van der Waals surface area contributed by atoms with Gasteiger partial charge >= 0.3 is 4.87 Å². The van der Waals surface area contributed by atoms with Crippen LogP contribution in [-0.2, 0) is 11.3 Å². The molecule has 4 aliphatic rings. The predicted octanol–water partition coefficient (Wildman–Crippen LogP) is 5.88. The summed E-state index contributed by atoms with van der Waals surface area (Å²) in [6.45, 7) is 1.77. The van der Waals surface area contributed by atoms with Crippen molar-refractivity contribution in [2.24, 2.45) is 17.8 Å². The molecule has 6 rings (SSSR count). The van der Waals surface area contributed by atoms with Gasteiger partial charge in [-0.25, -0.2) is 0 Å². The quantitative estimate of drug-likeness (QED) is 0.519. The van der Waals surface area contributed by atoms with Gasteiger partial charge in [0, 0.05) is 29.1 Å². The van der Waals surface area contributed by atoms with Crippen LogP contribution in [-0.4, -0.2) is 33.7 Å². The fourth-order valence-corrected chi connectivity index (χ4v) is 10.1. The van der Waals surface area contributed by atoms with Gasteiger partial charge in [0.05, 0.1) is 15.1 Å². The van der Waals surface area contributed by atoms with Gasteiger partial charge in [-0.15, -0.1) is 11.8 Å². The van der Waals surface area contributed by atoms with E-state index < -0.39 is 0 Å². The molecule has 1 aromatic heterocycles. The maximum atomic E-state index is 13.2. The van der Waals surface area contributed by atoms with Crippen LogP contribution in [0.3, 0.4) is 0 Å². The van der Waals surface area contributed by atoms with Gasteiger partial charge < -0.3 is 4.90 Å². The van der Waals surface area contributed by atoms with Crippen LogP contribution in [0.1, 0.15) is 54.9 Å². The monoisotopic (exact) mass is 508 g/mol. The van der Waals surface area contributed by atoms with Crippen molar-refractivity contribution in [3.05, 3.63) is 48.4 Å². The fraction of sp³-hybridized carbons (Fsp3) is 0.583. The number of carbonyl (C=O) groups is 1. The highest BCUT2D eigenvalue weighted by molar-refractivity contribution is 8.00. The Kier molecular flexibility index (Phi) is 5.64. The molecule has 4 nitrogen and oxygen atoms in total. The minimum absolute atomic E-state index is 0.0247. The molecule has 2 aliphatic carbocycles. The van der Waals surface area contributed by atoms with E-state index in [1.165, 1.54) is 37.0 Å². The molecule has 2 saturated carbocycles. The molecule has 1 amide bonds. The third-order valence-electron chi connectivity index (χ3n) is 8.01. The summed E-state index contributed by atoms with van der Waals surface area (Å²) < 4.78 is 1.76. The van der Waals surface area contributed by atoms with Crippen LogP contribution in [0.4, 0.5) is 0 Å². The number of hydrogen-bond acceptors (Lipinski definition) is 4. The lowest BCUT2D eigenvalue weighted by Gasteiger charge is -2.41. The standard InChI is InChI=1S/C24H26Cl2N2O2S2/c25-16-6-4-5-15(20(16)26)19-18-13-7-8-14(11-13)21(18)31-23-22(19)32-24(30)28(23)12-17(29)27-9-2-1-3-10-27/h4-6,13-14,18-19,21H,1-3,7-12H2/t13-,14-,18-,19-,21+/m0/s1. The number of carbonyl (C=O) groups excluding carboxylic acids is 1. The van der Waals surface area contributed by atoms with Crippen molar-refractivity contribution in [1.82, 2.24) is 9.47 Å². The van der Waals surface area contributed by atoms with Gasteiger partial charge in [-0.2, -0.15) is 0 Å². The molecule has 5 atom stereocenters. The van der Waals surface area contributed by atoms with Crippen molar-refractivity contribution in [3.63, 3.8) is 0 Å². The maximum absolute atomic E-state index is 13.2. The Morgan fingerprint density at radius 1 is 1.09 bits per heavy atom. The summed E-state index contributed by atoms with van der Waals surface area (Å²) in [6.07, 6.45) is 7.09. The van der Waals surface area contributed by atoms with Crippen molar-refractivity contribution < 1.29 is 4.79 Å². The highest BCUT2D eigenvalue weighted by Gasteiger charge is 2.55. The number of rotatable bonds is 3. The van der Waals surface area contributed by atoms with Crippen LogP contribution in [0.15, 0.2) is 28.0 Å². The summed E-state index contributed by atoms with van der Waals surface area (Å²) in [6, 6.07) is 5.87. The highest BCUT2D eigenvalue weighted by Crippen LogP contribution is 2.64. The summed E-state index contributed by atoms with van der Waals surface area (Å²) in [5.74, 6) is 1.99. The van der Waals surface area contributed by atoms with Crippen LogP contribution in [0, 0.1) is 17.8 Å². The van der Waals surface area contributed by atoms with Crippen LogP contribution in [0.5, 0.6) is 0 Å². The molecule has 0 radical (unpaired) electrons. The smallest absolute Gasteiger partial charge is 0.308 e. The lowest BCUT2D eigenvalue weighted by atomic mass is 9.75. The van der Waals surface area contributed by atoms with Gasteiger partial charge in [0.15, 0.2) is 0 Å². The first-order valence-corrected chi connectivity index (χ1v) is 14.1. The van der Waals surface area contributed by atoms with E-state index in [4.69, 9.17) is 23.2 Å². The molecule has 1 aromatic carbocycles. The van der Waals surface area contributed by atoms with Gasteiger partial charge in [0.25, 0.3) is 0 Å². The fourth-order valence-electron chi connectivity index (χ4n) is 6.57. The van der Waals surface area contributed by atoms with E-state index in [0.29, 0.717) is 33.0 Å². The molecule has 3 heterocycles. The van der Waals surface area contributed by atoms with E-state index >= 15 is 0 Å². The molecule has 2 aliphatic heterocycles. The number of fused-ring (bicyclic) bond motifs is 6. The largest absolute Gasteiger partial charge is 0.341 e. The minimum Gasteiger partial charge on any atom is -0.341 e. The molecule has 0 unspecified atom stereocenters. The molecule has 32 heavy (non-hydrogen) atoms. The SMILES string of the molecule is O=C(Cn1c2c(sc1=O)[C@@H](c1cccc(Cl)c1Cl)[C@@H]1[C@H]3CC[C@@H](C3)[C@H]1S2)N1CCCCC1. The van der Waals surface area contributed by atoms with E-state index in [0.717, 1.165) is 41.4 Å². The number of piperidine rings is 1. The molecule has 2 aromatic rings. The average Bonchev–Trinajstić information content (AvgIpc) is 3.49. The molecule has 0 spiro atoms. The second-order valence-corrected chi connectivity index (χ2v) is 12.6. The Balaban J connectivity index is 1.43. The molecule has 0 N–H and O–H groups in total. The first kappa shape index (κ1) is 21.6. The molecule has 8 heteroatoms. The number of thiazole rings is 1. The summed E-state index contributed by atoms with van der Waals surface area (Å²) >= 11 is 16.3. The predicted molar refractivity (Wildman–Crippen MR) is 131 cm³/mol. The number of nitrogens with zero attached hydrogens (tertiary/aromatic N) is 2. The van der Waals surface area contributed by atoms with Crippen LogP contribution < -0.4 is 4.87 Å². The number of likely N-dealkylation sites (tertiary alicyclic amines) is 1. The Labute approximate surface area is 206 Å². The maximum Gasteiger partial charge on any atom is 0.308 e. The lowest BCUT2D eigenvalue weighted by molar-refractivity contribution is -0.132. The highest BCUT2D eigenvalue weighted by atomic mass is 35.5. The zero-order valence-corrected chi connectivity index (χ0v) is 20.9. The Bertz CT molecular complexity index is 1120. The van der Waals surface area contributed by atoms with Crippen molar-refractivity contribution in [3.8, 4) is 0 Å². The van der Waals surface area contributed by atoms with Crippen molar-refractivity contribution in [1.29, 1.82) is 0 Å². The average molecular weight is 510 g/mol. The van der Waals surface area contributed by atoms with Crippen LogP contribution in [0.2, 0.25) is 10.0 Å². The van der Waals surface area contributed by atoms with E-state index in [1.54, 1.807) is 4.57 Å². The summed E-state index contributed by atoms with van der Waals surface area (Å²) in [5, 5.41) is 2.65. The first-order valence-electron chi connectivity index (χ1n) is 11.6. The third-order valence-corrected chi connectivity index (χ3v) is 11.7. The van der Waals surface area contributed by atoms with Gasteiger partial charge in [-0.05, 0) is 67.9 Å². The first-order chi connectivity index (χ1) is 15.5. The second-order valence-electron chi connectivity index (χ2n) is 9.68. The number of halogens is 2. The molecule has 2 bridgehead atoms. The van der Waals surface area contributed by atoms with E-state index in [2.05, 4.69) is 6.07 Å². The van der Waals surface area contributed by atoms with Crippen molar-refractivity contribution in [2.45, 2.75) is 61.3 Å².